The molecular weight excluding hydrogens is 384 g/mol. The third-order valence-electron chi connectivity index (χ3n) is 3.62. The SMILES string of the molecule is CCCCN(Cc1nnc(C(=O)NCc2ccc(F)cc2)s1)CC(F)(F)F. The van der Waals surface area contributed by atoms with E-state index in [9.17, 15) is 22.4 Å². The highest BCUT2D eigenvalue weighted by Crippen LogP contribution is 2.20. The highest BCUT2D eigenvalue weighted by atomic mass is 32.1. The summed E-state index contributed by atoms with van der Waals surface area (Å²) in [5.41, 5.74) is 0.713. The maximum absolute atomic E-state index is 12.9. The van der Waals surface area contributed by atoms with Gasteiger partial charge in [0, 0.05) is 6.54 Å². The fraction of sp³-hybridized carbons (Fsp3) is 0.471. The molecule has 1 heterocycles. The topological polar surface area (TPSA) is 58.1 Å². The lowest BCUT2D eigenvalue weighted by Crippen LogP contribution is -2.34. The van der Waals surface area contributed by atoms with Gasteiger partial charge >= 0.3 is 6.18 Å². The van der Waals surface area contributed by atoms with E-state index in [1.807, 2.05) is 6.92 Å². The summed E-state index contributed by atoms with van der Waals surface area (Å²) in [6, 6.07) is 5.67. The number of rotatable bonds is 9. The van der Waals surface area contributed by atoms with Crippen LogP contribution in [-0.4, -0.2) is 40.3 Å². The lowest BCUT2D eigenvalue weighted by molar-refractivity contribution is -0.147. The minimum atomic E-state index is -4.30. The third kappa shape index (κ3) is 7.59. The first-order valence-electron chi connectivity index (χ1n) is 8.41. The number of hydrogen-bond donors (Lipinski definition) is 1. The molecule has 1 amide bonds. The smallest absolute Gasteiger partial charge is 0.346 e. The van der Waals surface area contributed by atoms with Crippen LogP contribution in [0.15, 0.2) is 24.3 Å². The van der Waals surface area contributed by atoms with E-state index in [-0.39, 0.29) is 23.9 Å². The average molecular weight is 404 g/mol. The zero-order valence-electron chi connectivity index (χ0n) is 14.7. The number of unbranched alkanes of at least 4 members (excludes halogenated alkanes) is 1. The molecule has 0 aliphatic heterocycles. The number of carbonyl (C=O) groups is 1. The third-order valence-corrected chi connectivity index (χ3v) is 4.52. The number of carbonyl (C=O) groups excluding carboxylic acids is 1. The second kappa shape index (κ2) is 9.75. The van der Waals surface area contributed by atoms with Crippen molar-refractivity contribution in [3.63, 3.8) is 0 Å². The second-order valence-electron chi connectivity index (χ2n) is 5.99. The van der Waals surface area contributed by atoms with Gasteiger partial charge in [-0.05, 0) is 30.7 Å². The largest absolute Gasteiger partial charge is 0.401 e. The van der Waals surface area contributed by atoms with E-state index in [1.165, 1.54) is 17.0 Å². The Morgan fingerprint density at radius 2 is 1.93 bits per heavy atom. The molecule has 2 rings (SSSR count). The van der Waals surface area contributed by atoms with Gasteiger partial charge in [0.15, 0.2) is 0 Å². The molecule has 1 aromatic heterocycles. The lowest BCUT2D eigenvalue weighted by atomic mass is 10.2. The molecule has 0 saturated carbocycles. The fourth-order valence-electron chi connectivity index (χ4n) is 2.31. The van der Waals surface area contributed by atoms with Crippen LogP contribution in [0.1, 0.15) is 40.1 Å². The van der Waals surface area contributed by atoms with Crippen LogP contribution in [0.2, 0.25) is 0 Å². The molecule has 1 N–H and O–H groups in total. The molecule has 148 valence electrons. The minimum Gasteiger partial charge on any atom is -0.346 e. The van der Waals surface area contributed by atoms with Gasteiger partial charge in [0.25, 0.3) is 5.91 Å². The summed E-state index contributed by atoms with van der Waals surface area (Å²) < 4.78 is 50.9. The van der Waals surface area contributed by atoms with E-state index < -0.39 is 18.6 Å². The van der Waals surface area contributed by atoms with Gasteiger partial charge in [0.1, 0.15) is 10.8 Å². The van der Waals surface area contributed by atoms with Crippen LogP contribution < -0.4 is 5.32 Å². The summed E-state index contributed by atoms with van der Waals surface area (Å²) in [5.74, 6) is -0.843. The van der Waals surface area contributed by atoms with Crippen LogP contribution in [0.3, 0.4) is 0 Å². The van der Waals surface area contributed by atoms with E-state index in [4.69, 9.17) is 0 Å². The van der Waals surface area contributed by atoms with Gasteiger partial charge in [0.05, 0.1) is 13.1 Å². The zero-order chi connectivity index (χ0) is 19.9. The van der Waals surface area contributed by atoms with Gasteiger partial charge < -0.3 is 5.32 Å². The van der Waals surface area contributed by atoms with Crippen molar-refractivity contribution in [2.24, 2.45) is 0 Å². The molecular formula is C17H20F4N4OS. The second-order valence-corrected chi connectivity index (χ2v) is 7.05. The maximum atomic E-state index is 12.9. The maximum Gasteiger partial charge on any atom is 0.401 e. The summed E-state index contributed by atoms with van der Waals surface area (Å²) in [4.78, 5) is 13.4. The van der Waals surface area contributed by atoms with Gasteiger partial charge in [-0.25, -0.2) is 4.39 Å². The number of nitrogens with zero attached hydrogens (tertiary/aromatic N) is 3. The van der Waals surface area contributed by atoms with Gasteiger partial charge in [-0.3, -0.25) is 9.69 Å². The number of benzene rings is 1. The van der Waals surface area contributed by atoms with Crippen molar-refractivity contribution in [2.75, 3.05) is 13.1 Å². The Balaban J connectivity index is 1.92. The highest BCUT2D eigenvalue weighted by molar-refractivity contribution is 7.13. The molecule has 0 aliphatic carbocycles. The van der Waals surface area contributed by atoms with Gasteiger partial charge in [-0.2, -0.15) is 13.2 Å². The molecule has 0 radical (unpaired) electrons. The normalized spacial score (nSPS) is 11.8. The number of hydrogen-bond acceptors (Lipinski definition) is 5. The van der Waals surface area contributed by atoms with Crippen molar-refractivity contribution < 1.29 is 22.4 Å². The summed E-state index contributed by atoms with van der Waals surface area (Å²) in [5, 5.41) is 10.6. The monoisotopic (exact) mass is 404 g/mol. The summed E-state index contributed by atoms with van der Waals surface area (Å²) in [7, 11) is 0. The molecule has 0 fully saturated rings. The minimum absolute atomic E-state index is 0.0115. The summed E-state index contributed by atoms with van der Waals surface area (Å²) in [6.07, 6.45) is -2.88. The Bertz CT molecular complexity index is 733. The predicted octanol–water partition coefficient (Wildman–Crippen LogP) is 3.77. The molecule has 1 aromatic carbocycles. The first-order chi connectivity index (χ1) is 12.8. The van der Waals surface area contributed by atoms with E-state index in [1.54, 1.807) is 12.1 Å². The number of halogens is 4. The lowest BCUT2D eigenvalue weighted by Gasteiger charge is -2.21. The Hall–Kier alpha value is -2.07. The number of aromatic nitrogens is 2. The van der Waals surface area contributed by atoms with Crippen molar-refractivity contribution in [2.45, 2.75) is 39.0 Å². The Labute approximate surface area is 158 Å². The molecule has 0 unspecified atom stereocenters. The van der Waals surface area contributed by atoms with Gasteiger partial charge in [-0.15, -0.1) is 10.2 Å². The van der Waals surface area contributed by atoms with E-state index in [0.717, 1.165) is 17.8 Å². The van der Waals surface area contributed by atoms with Crippen LogP contribution in [-0.2, 0) is 13.1 Å². The fourth-order valence-corrected chi connectivity index (χ4v) is 3.11. The van der Waals surface area contributed by atoms with Crippen LogP contribution in [0.5, 0.6) is 0 Å². The molecule has 10 heteroatoms. The van der Waals surface area contributed by atoms with Crippen LogP contribution in [0.25, 0.3) is 0 Å². The predicted molar refractivity (Wildman–Crippen MR) is 93.7 cm³/mol. The van der Waals surface area contributed by atoms with Crippen LogP contribution >= 0.6 is 11.3 Å². The Morgan fingerprint density at radius 3 is 2.56 bits per heavy atom. The molecule has 0 spiro atoms. The quantitative estimate of drug-likeness (QED) is 0.647. The molecule has 0 atom stereocenters. The molecule has 0 saturated heterocycles. The first kappa shape index (κ1) is 21.2. The summed E-state index contributed by atoms with van der Waals surface area (Å²) in [6.45, 7) is 1.34. The highest BCUT2D eigenvalue weighted by Gasteiger charge is 2.31. The number of amides is 1. The average Bonchev–Trinajstić information content (AvgIpc) is 3.06. The van der Waals surface area contributed by atoms with Crippen molar-refractivity contribution in [1.29, 1.82) is 0 Å². The van der Waals surface area contributed by atoms with Gasteiger partial charge in [-0.1, -0.05) is 36.8 Å². The Morgan fingerprint density at radius 1 is 1.22 bits per heavy atom. The van der Waals surface area contributed by atoms with E-state index in [2.05, 4.69) is 15.5 Å². The van der Waals surface area contributed by atoms with E-state index in [0.29, 0.717) is 23.5 Å². The van der Waals surface area contributed by atoms with Crippen molar-refractivity contribution in [3.8, 4) is 0 Å². The number of nitrogens with one attached hydrogen (secondary N) is 1. The Kier molecular flexibility index (Phi) is 7.66. The molecule has 2 aromatic rings. The first-order valence-corrected chi connectivity index (χ1v) is 9.22. The van der Waals surface area contributed by atoms with Crippen molar-refractivity contribution >= 4 is 17.2 Å². The molecule has 0 aliphatic rings. The van der Waals surface area contributed by atoms with Crippen LogP contribution in [0, 0.1) is 5.82 Å². The summed E-state index contributed by atoms with van der Waals surface area (Å²) >= 11 is 0.963. The van der Waals surface area contributed by atoms with Crippen molar-refractivity contribution in [3.05, 3.63) is 45.7 Å². The molecule has 5 nitrogen and oxygen atoms in total. The zero-order valence-corrected chi connectivity index (χ0v) is 15.5. The van der Waals surface area contributed by atoms with E-state index >= 15 is 0 Å². The van der Waals surface area contributed by atoms with Crippen molar-refractivity contribution in [1.82, 2.24) is 20.4 Å². The standard InChI is InChI=1S/C17H20F4N4OS/c1-2-3-8-25(11-17(19,20)21)10-14-23-24-16(27-14)15(26)22-9-12-4-6-13(18)7-5-12/h4-7H,2-3,8-11H2,1H3,(H,22,26). The molecule has 27 heavy (non-hydrogen) atoms. The van der Waals surface area contributed by atoms with Gasteiger partial charge in [0.2, 0.25) is 5.01 Å². The number of alkyl halides is 3. The molecule has 0 bridgehead atoms. The van der Waals surface area contributed by atoms with Crippen LogP contribution in [0.4, 0.5) is 17.6 Å².